The number of thioether (sulfide) groups is 1. The molecular weight excluding hydrogens is 535 g/mol. The van der Waals surface area contributed by atoms with Gasteiger partial charge in [0.25, 0.3) is 0 Å². The zero-order valence-corrected chi connectivity index (χ0v) is 22.4. The first-order chi connectivity index (χ1) is 15.1. The predicted octanol–water partition coefficient (Wildman–Crippen LogP) is 2.98. The number of aromatic nitrogens is 2. The van der Waals surface area contributed by atoms with Crippen molar-refractivity contribution in [3.8, 4) is 5.69 Å². The lowest BCUT2D eigenvalue weighted by Gasteiger charge is -2.43. The van der Waals surface area contributed by atoms with Crippen molar-refractivity contribution >= 4 is 41.7 Å². The molecule has 1 unspecified atom stereocenters. The van der Waals surface area contributed by atoms with Crippen molar-refractivity contribution in [2.75, 3.05) is 51.4 Å². The third kappa shape index (κ3) is 5.78. The van der Waals surface area contributed by atoms with Gasteiger partial charge in [0.15, 0.2) is 5.96 Å². The second kappa shape index (κ2) is 11.7. The monoisotopic (exact) mass is 570 g/mol. The van der Waals surface area contributed by atoms with E-state index in [-0.39, 0.29) is 29.5 Å². The molecule has 2 aliphatic heterocycles. The first kappa shape index (κ1) is 25.3. The lowest BCUT2D eigenvalue weighted by atomic mass is 9.95. The summed E-state index contributed by atoms with van der Waals surface area (Å²) in [6.45, 7) is 9.42. The van der Waals surface area contributed by atoms with Crippen molar-refractivity contribution in [2.45, 2.75) is 32.4 Å². The second-order valence-electron chi connectivity index (χ2n) is 8.37. The average molecular weight is 571 g/mol. The maximum absolute atomic E-state index is 5.58. The number of hydrogen-bond acceptors (Lipinski definition) is 5. The molecule has 1 atom stereocenters. The van der Waals surface area contributed by atoms with Gasteiger partial charge in [-0.05, 0) is 43.7 Å². The van der Waals surface area contributed by atoms with E-state index in [9.17, 15) is 0 Å². The molecule has 4 rings (SSSR count). The molecule has 0 radical (unpaired) electrons. The highest BCUT2D eigenvalue weighted by Gasteiger charge is 2.40. The molecule has 2 aromatic rings. The lowest BCUT2D eigenvalue weighted by Crippen LogP contribution is -2.60. The second-order valence-corrected chi connectivity index (χ2v) is 9.48. The molecule has 1 aromatic heterocycles. The zero-order chi connectivity index (χ0) is 21.7. The van der Waals surface area contributed by atoms with E-state index in [2.05, 4.69) is 74.6 Å². The summed E-state index contributed by atoms with van der Waals surface area (Å²) in [6.07, 6.45) is 1.21. The number of rotatable bonds is 6. The molecule has 2 saturated heterocycles. The van der Waals surface area contributed by atoms with Crippen molar-refractivity contribution < 1.29 is 4.74 Å². The van der Waals surface area contributed by atoms with Crippen LogP contribution in [0.4, 0.5) is 0 Å². The van der Waals surface area contributed by atoms with Gasteiger partial charge in [-0.15, -0.1) is 24.0 Å². The number of nitrogens with one attached hydrogen (secondary N) is 2. The molecule has 9 heteroatoms. The van der Waals surface area contributed by atoms with E-state index in [0.717, 1.165) is 61.6 Å². The SMILES string of the molecule is CN=C(NCc1ccccc1-n1nc(C)cc1C)NCC1(N2CCOCC2)CCSC1.I. The molecule has 2 N–H and O–H groups in total. The van der Waals surface area contributed by atoms with E-state index < -0.39 is 0 Å². The molecule has 0 saturated carbocycles. The van der Waals surface area contributed by atoms with Gasteiger partial charge in [-0.25, -0.2) is 4.68 Å². The van der Waals surface area contributed by atoms with E-state index in [4.69, 9.17) is 4.74 Å². The maximum Gasteiger partial charge on any atom is 0.191 e. The summed E-state index contributed by atoms with van der Waals surface area (Å²) in [4.78, 5) is 7.11. The zero-order valence-electron chi connectivity index (χ0n) is 19.3. The summed E-state index contributed by atoms with van der Waals surface area (Å²) < 4.78 is 7.60. The minimum Gasteiger partial charge on any atom is -0.379 e. The van der Waals surface area contributed by atoms with Gasteiger partial charge in [-0.3, -0.25) is 9.89 Å². The minimum atomic E-state index is 0. The quantitative estimate of drug-likeness (QED) is 0.317. The molecular formula is C23H35IN6OS. The van der Waals surface area contributed by atoms with Gasteiger partial charge in [0, 0.05) is 50.2 Å². The van der Waals surface area contributed by atoms with E-state index in [0.29, 0.717) is 6.54 Å². The van der Waals surface area contributed by atoms with E-state index >= 15 is 0 Å². The van der Waals surface area contributed by atoms with Crippen LogP contribution < -0.4 is 10.6 Å². The van der Waals surface area contributed by atoms with Crippen LogP contribution in [-0.4, -0.2) is 77.6 Å². The standard InChI is InChI=1S/C23H34N6OS.HI/c1-18-14-19(2)29(27-18)21-7-5-4-6-20(21)15-25-22(24-3)26-16-23(8-13-31-17-23)28-9-11-30-12-10-28;/h4-7,14H,8-13,15-17H2,1-3H3,(H2,24,25,26);1H. The summed E-state index contributed by atoms with van der Waals surface area (Å²) in [6, 6.07) is 10.5. The normalized spacial score (nSPS) is 21.9. The molecule has 2 fully saturated rings. The van der Waals surface area contributed by atoms with Gasteiger partial charge in [0.05, 0.1) is 24.6 Å². The Kier molecular flexibility index (Phi) is 9.27. The average Bonchev–Trinajstić information content (AvgIpc) is 3.41. The Balaban J connectivity index is 0.00000289. The van der Waals surface area contributed by atoms with E-state index in [1.54, 1.807) is 0 Å². The van der Waals surface area contributed by atoms with Crippen molar-refractivity contribution in [1.82, 2.24) is 25.3 Å². The Bertz CT molecular complexity index is 906. The maximum atomic E-state index is 5.58. The van der Waals surface area contributed by atoms with Crippen LogP contribution in [0.2, 0.25) is 0 Å². The summed E-state index contributed by atoms with van der Waals surface area (Å²) in [5, 5.41) is 11.8. The molecule has 0 spiro atoms. The van der Waals surface area contributed by atoms with Gasteiger partial charge >= 0.3 is 0 Å². The number of para-hydroxylation sites is 1. The number of nitrogens with zero attached hydrogens (tertiary/aromatic N) is 4. The number of guanidine groups is 1. The van der Waals surface area contributed by atoms with Crippen molar-refractivity contribution in [3.63, 3.8) is 0 Å². The molecule has 7 nitrogen and oxygen atoms in total. The molecule has 3 heterocycles. The van der Waals surface area contributed by atoms with Crippen LogP contribution in [0, 0.1) is 13.8 Å². The number of hydrogen-bond donors (Lipinski definition) is 2. The smallest absolute Gasteiger partial charge is 0.191 e. The summed E-state index contributed by atoms with van der Waals surface area (Å²) in [5.41, 5.74) is 4.65. The van der Waals surface area contributed by atoms with Gasteiger partial charge in [-0.1, -0.05) is 18.2 Å². The highest BCUT2D eigenvalue weighted by Crippen LogP contribution is 2.33. The summed E-state index contributed by atoms with van der Waals surface area (Å²) in [5.74, 6) is 3.23. The van der Waals surface area contributed by atoms with Crippen LogP contribution >= 0.6 is 35.7 Å². The Morgan fingerprint density at radius 1 is 1.22 bits per heavy atom. The number of aryl methyl sites for hydroxylation is 2. The number of halogens is 1. The highest BCUT2D eigenvalue weighted by atomic mass is 127. The van der Waals surface area contributed by atoms with Gasteiger partial charge in [0.2, 0.25) is 0 Å². The fraction of sp³-hybridized carbons (Fsp3) is 0.565. The van der Waals surface area contributed by atoms with E-state index in [1.807, 2.05) is 18.7 Å². The van der Waals surface area contributed by atoms with Gasteiger partial charge in [-0.2, -0.15) is 16.9 Å². The van der Waals surface area contributed by atoms with Crippen molar-refractivity contribution in [1.29, 1.82) is 0 Å². The molecule has 0 amide bonds. The molecule has 176 valence electrons. The first-order valence-electron chi connectivity index (χ1n) is 11.1. The number of morpholine rings is 1. The van der Waals surface area contributed by atoms with Crippen LogP contribution in [0.15, 0.2) is 35.3 Å². The number of aliphatic imine (C=N–C) groups is 1. The Morgan fingerprint density at radius 3 is 2.66 bits per heavy atom. The summed E-state index contributed by atoms with van der Waals surface area (Å²) in [7, 11) is 1.84. The molecule has 2 aliphatic rings. The largest absolute Gasteiger partial charge is 0.379 e. The lowest BCUT2D eigenvalue weighted by molar-refractivity contribution is -0.0120. The van der Waals surface area contributed by atoms with Gasteiger partial charge in [0.1, 0.15) is 0 Å². The molecule has 0 bridgehead atoms. The third-order valence-electron chi connectivity index (χ3n) is 6.25. The Hall–Kier alpha value is -1.30. The van der Waals surface area contributed by atoms with Crippen LogP contribution in [0.5, 0.6) is 0 Å². The van der Waals surface area contributed by atoms with Crippen LogP contribution in [0.1, 0.15) is 23.4 Å². The number of ether oxygens (including phenoxy) is 1. The first-order valence-corrected chi connectivity index (χ1v) is 12.2. The Morgan fingerprint density at radius 2 is 2.00 bits per heavy atom. The fourth-order valence-electron chi connectivity index (χ4n) is 4.52. The summed E-state index contributed by atoms with van der Waals surface area (Å²) >= 11 is 2.05. The van der Waals surface area contributed by atoms with Crippen molar-refractivity contribution in [2.24, 2.45) is 4.99 Å². The molecule has 1 aromatic carbocycles. The predicted molar refractivity (Wildman–Crippen MR) is 144 cm³/mol. The topological polar surface area (TPSA) is 66.7 Å². The van der Waals surface area contributed by atoms with Crippen molar-refractivity contribution in [3.05, 3.63) is 47.3 Å². The van der Waals surface area contributed by atoms with Gasteiger partial charge < -0.3 is 15.4 Å². The Labute approximate surface area is 212 Å². The molecule has 32 heavy (non-hydrogen) atoms. The van der Waals surface area contributed by atoms with Crippen LogP contribution in [0.25, 0.3) is 5.69 Å². The number of benzene rings is 1. The third-order valence-corrected chi connectivity index (χ3v) is 7.48. The van der Waals surface area contributed by atoms with E-state index in [1.165, 1.54) is 17.7 Å². The van der Waals surface area contributed by atoms with Crippen LogP contribution in [-0.2, 0) is 11.3 Å². The highest BCUT2D eigenvalue weighted by molar-refractivity contribution is 14.0. The molecule has 0 aliphatic carbocycles. The minimum absolute atomic E-state index is 0. The fourth-order valence-corrected chi connectivity index (χ4v) is 6.00. The van der Waals surface area contributed by atoms with Crippen LogP contribution in [0.3, 0.4) is 0 Å².